The lowest BCUT2D eigenvalue weighted by Gasteiger charge is -2.30. The Bertz CT molecular complexity index is 1180. The van der Waals surface area contributed by atoms with Crippen molar-refractivity contribution in [2.24, 2.45) is 0 Å². The Morgan fingerprint density at radius 1 is 1.06 bits per heavy atom. The maximum atomic E-state index is 13.3. The Hall–Kier alpha value is -4.53. The maximum absolute atomic E-state index is 13.3. The first-order chi connectivity index (χ1) is 16.8. The van der Waals surface area contributed by atoms with Crippen LogP contribution in [-0.4, -0.2) is 67.7 Å². The van der Waals surface area contributed by atoms with Crippen molar-refractivity contribution in [1.29, 1.82) is 5.26 Å². The molecule has 0 bridgehead atoms. The van der Waals surface area contributed by atoms with Crippen molar-refractivity contribution >= 4 is 35.4 Å². The fourth-order valence-electron chi connectivity index (χ4n) is 3.55. The second kappa shape index (κ2) is 11.6. The van der Waals surface area contributed by atoms with Gasteiger partial charge in [0.15, 0.2) is 11.5 Å². The molecule has 1 N–H and O–H groups in total. The molecule has 1 heterocycles. The minimum atomic E-state index is -0.301. The monoisotopic (exact) mass is 467 g/mol. The molecule has 3 rings (SSSR count). The van der Waals surface area contributed by atoms with Crippen LogP contribution in [0.15, 0.2) is 59.7 Å². The molecule has 35 heavy (non-hydrogen) atoms. The summed E-state index contributed by atoms with van der Waals surface area (Å²) in [5.41, 5.74) is 3.34. The Labute approximate surface area is 204 Å². The van der Waals surface area contributed by atoms with Crippen molar-refractivity contribution in [2.75, 3.05) is 40.3 Å². The van der Waals surface area contributed by atoms with E-state index < -0.39 is 0 Å². The standard InChI is InChI=1S/C27H25N5O3/c1-29-24-10-8-20(9-11-24)13-23-17-32(26(34)15-30-25(33)18-31(2)3)16-22(27(23)35)12-19-4-6-21(14-28)7-5-19/h4-13H,15-18H2,2-3H3,(H,30,33)/b22-12+,23-13+. The Balaban J connectivity index is 1.88. The van der Waals surface area contributed by atoms with Crippen molar-refractivity contribution < 1.29 is 14.4 Å². The van der Waals surface area contributed by atoms with E-state index in [4.69, 9.17) is 11.8 Å². The van der Waals surface area contributed by atoms with Gasteiger partial charge in [-0.25, -0.2) is 4.85 Å². The molecule has 0 spiro atoms. The molecule has 0 aliphatic carbocycles. The molecule has 1 aliphatic heterocycles. The van der Waals surface area contributed by atoms with E-state index >= 15 is 0 Å². The second-order valence-corrected chi connectivity index (χ2v) is 8.37. The quantitative estimate of drug-likeness (QED) is 0.520. The van der Waals surface area contributed by atoms with Crippen LogP contribution in [0, 0.1) is 17.9 Å². The van der Waals surface area contributed by atoms with E-state index in [2.05, 4.69) is 16.2 Å². The lowest BCUT2D eigenvalue weighted by Crippen LogP contribution is -2.47. The summed E-state index contributed by atoms with van der Waals surface area (Å²) < 4.78 is 0. The summed E-state index contributed by atoms with van der Waals surface area (Å²) in [5.74, 6) is -0.741. The highest BCUT2D eigenvalue weighted by molar-refractivity contribution is 6.15. The topological polar surface area (TPSA) is 97.9 Å². The van der Waals surface area contributed by atoms with Crippen LogP contribution >= 0.6 is 0 Å². The first kappa shape index (κ1) is 25.1. The van der Waals surface area contributed by atoms with E-state index in [1.807, 2.05) is 0 Å². The number of rotatable bonds is 6. The van der Waals surface area contributed by atoms with E-state index in [1.54, 1.807) is 79.7 Å². The van der Waals surface area contributed by atoms with Crippen LogP contribution in [0.4, 0.5) is 5.69 Å². The molecule has 0 atom stereocenters. The molecule has 2 aromatic rings. The Morgan fingerprint density at radius 3 is 2.09 bits per heavy atom. The molecule has 2 aromatic carbocycles. The molecule has 0 aromatic heterocycles. The van der Waals surface area contributed by atoms with Gasteiger partial charge in [0.05, 0.1) is 31.3 Å². The minimum absolute atomic E-state index is 0.106. The number of nitrogens with zero attached hydrogens (tertiary/aromatic N) is 4. The van der Waals surface area contributed by atoms with Crippen molar-refractivity contribution in [3.8, 4) is 6.07 Å². The molecule has 0 radical (unpaired) electrons. The predicted molar refractivity (Wildman–Crippen MR) is 133 cm³/mol. The fourth-order valence-corrected chi connectivity index (χ4v) is 3.55. The highest BCUT2D eigenvalue weighted by Gasteiger charge is 2.29. The summed E-state index contributed by atoms with van der Waals surface area (Å²) in [4.78, 5) is 44.8. The number of nitriles is 1. The van der Waals surface area contributed by atoms with Gasteiger partial charge in [0, 0.05) is 24.2 Å². The second-order valence-electron chi connectivity index (χ2n) is 8.37. The summed E-state index contributed by atoms with van der Waals surface area (Å²) in [6, 6.07) is 15.7. The molecule has 176 valence electrons. The number of likely N-dealkylation sites (tertiary alicyclic amines) is 1. The van der Waals surface area contributed by atoms with Gasteiger partial charge in [-0.2, -0.15) is 5.26 Å². The summed E-state index contributed by atoms with van der Waals surface area (Å²) in [7, 11) is 3.53. The molecule has 1 fully saturated rings. The molecule has 0 saturated carbocycles. The van der Waals surface area contributed by atoms with Crippen LogP contribution in [0.1, 0.15) is 16.7 Å². The van der Waals surface area contributed by atoms with E-state index in [9.17, 15) is 14.4 Å². The SMILES string of the molecule is [C-]#[N+]c1ccc(/C=C2\CN(C(=O)CNC(=O)CN(C)C)C/C(=C\c3ccc(C#N)cc3)C2=O)cc1. The average Bonchev–Trinajstić information content (AvgIpc) is 2.85. The van der Waals surface area contributed by atoms with Crippen LogP contribution in [-0.2, 0) is 14.4 Å². The molecule has 2 amide bonds. The van der Waals surface area contributed by atoms with Gasteiger partial charge in [-0.1, -0.05) is 36.4 Å². The largest absolute Gasteiger partial charge is 0.346 e. The van der Waals surface area contributed by atoms with Gasteiger partial charge in [-0.3, -0.25) is 14.4 Å². The number of nitrogens with one attached hydrogen (secondary N) is 1. The Kier molecular flexibility index (Phi) is 8.29. The zero-order valence-electron chi connectivity index (χ0n) is 19.6. The minimum Gasteiger partial charge on any atom is -0.346 e. The molecule has 0 unspecified atom stereocenters. The van der Waals surface area contributed by atoms with Crippen molar-refractivity contribution in [2.45, 2.75) is 0 Å². The maximum Gasteiger partial charge on any atom is 0.242 e. The molecule has 8 nitrogen and oxygen atoms in total. The van der Waals surface area contributed by atoms with E-state index in [-0.39, 0.29) is 43.8 Å². The first-order valence-corrected chi connectivity index (χ1v) is 10.9. The normalized spacial score (nSPS) is 15.7. The lowest BCUT2D eigenvalue weighted by molar-refractivity contribution is -0.133. The number of carbonyl (C=O) groups excluding carboxylic acids is 3. The number of likely N-dealkylation sites (N-methyl/N-ethyl adjacent to an activating group) is 1. The zero-order valence-corrected chi connectivity index (χ0v) is 19.6. The van der Waals surface area contributed by atoms with Crippen LogP contribution in [0.2, 0.25) is 0 Å². The van der Waals surface area contributed by atoms with Gasteiger partial charge in [-0.15, -0.1) is 0 Å². The number of piperidine rings is 1. The first-order valence-electron chi connectivity index (χ1n) is 10.9. The third-order valence-electron chi connectivity index (χ3n) is 5.30. The van der Waals surface area contributed by atoms with Gasteiger partial charge >= 0.3 is 0 Å². The number of ketones is 1. The van der Waals surface area contributed by atoms with Gasteiger partial charge in [0.2, 0.25) is 11.8 Å². The summed E-state index contributed by atoms with van der Waals surface area (Å²) >= 11 is 0. The number of hydrogen-bond donors (Lipinski definition) is 1. The highest BCUT2D eigenvalue weighted by atomic mass is 16.2. The summed E-state index contributed by atoms with van der Waals surface area (Å²) in [6.07, 6.45) is 3.43. The fraction of sp³-hybridized carbons (Fsp3) is 0.222. The van der Waals surface area contributed by atoms with Crippen molar-refractivity contribution in [3.63, 3.8) is 0 Å². The number of carbonyl (C=O) groups is 3. The number of amides is 2. The third-order valence-corrected chi connectivity index (χ3v) is 5.30. The molecular formula is C27H25N5O3. The van der Waals surface area contributed by atoms with Crippen molar-refractivity contribution in [3.05, 3.63) is 87.8 Å². The van der Waals surface area contributed by atoms with Crippen LogP contribution < -0.4 is 5.32 Å². The average molecular weight is 468 g/mol. The Morgan fingerprint density at radius 2 is 1.60 bits per heavy atom. The van der Waals surface area contributed by atoms with Crippen LogP contribution in [0.25, 0.3) is 17.0 Å². The molecule has 8 heteroatoms. The van der Waals surface area contributed by atoms with Gasteiger partial charge < -0.3 is 15.1 Å². The van der Waals surface area contributed by atoms with Crippen LogP contribution in [0.3, 0.4) is 0 Å². The highest BCUT2D eigenvalue weighted by Crippen LogP contribution is 2.23. The van der Waals surface area contributed by atoms with Gasteiger partial charge in [-0.05, 0) is 49.5 Å². The smallest absolute Gasteiger partial charge is 0.242 e. The number of benzene rings is 2. The third kappa shape index (κ3) is 6.97. The van der Waals surface area contributed by atoms with Gasteiger partial charge in [0.1, 0.15) is 0 Å². The number of hydrogen-bond acceptors (Lipinski definition) is 5. The molecule has 1 aliphatic rings. The lowest BCUT2D eigenvalue weighted by atomic mass is 9.94. The summed E-state index contributed by atoms with van der Waals surface area (Å²) in [6.45, 7) is 7.31. The predicted octanol–water partition coefficient (Wildman–Crippen LogP) is 2.67. The van der Waals surface area contributed by atoms with E-state index in [0.717, 1.165) is 11.1 Å². The molecule has 1 saturated heterocycles. The van der Waals surface area contributed by atoms with Crippen molar-refractivity contribution in [1.82, 2.24) is 15.1 Å². The molecular weight excluding hydrogens is 442 g/mol. The van der Waals surface area contributed by atoms with Gasteiger partial charge in [0.25, 0.3) is 0 Å². The van der Waals surface area contributed by atoms with Crippen LogP contribution in [0.5, 0.6) is 0 Å². The number of Topliss-reactive ketones (excluding diaryl/α,β-unsaturated/α-hetero) is 1. The van der Waals surface area contributed by atoms with E-state index in [1.165, 1.54) is 4.90 Å². The van der Waals surface area contributed by atoms with E-state index in [0.29, 0.717) is 22.4 Å². The summed E-state index contributed by atoms with van der Waals surface area (Å²) in [5, 5.41) is 11.6. The zero-order chi connectivity index (χ0) is 25.4.